The Bertz CT molecular complexity index is 676. The molecule has 0 radical (unpaired) electrons. The fraction of sp³-hybridized carbons (Fsp3) is 0.652. The first-order valence-corrected chi connectivity index (χ1v) is 11.2. The van der Waals surface area contributed by atoms with Crippen LogP contribution in [0.4, 0.5) is 0 Å². The Hall–Kier alpha value is -2.08. The Morgan fingerprint density at radius 3 is 2.52 bits per heavy atom. The molecule has 1 saturated carbocycles. The first kappa shape index (κ1) is 21.6. The topological polar surface area (TPSA) is 60.0 Å². The van der Waals surface area contributed by atoms with Crippen molar-refractivity contribution in [1.82, 2.24) is 20.4 Å². The number of rotatable bonds is 7. The van der Waals surface area contributed by atoms with Gasteiger partial charge in [-0.25, -0.2) is 4.99 Å². The maximum absolute atomic E-state index is 12.6. The van der Waals surface area contributed by atoms with E-state index in [0.717, 1.165) is 64.6 Å². The summed E-state index contributed by atoms with van der Waals surface area (Å²) in [4.78, 5) is 21.8. The fourth-order valence-corrected chi connectivity index (χ4v) is 4.25. The van der Waals surface area contributed by atoms with Gasteiger partial charge in [-0.05, 0) is 37.8 Å². The molecule has 6 heteroatoms. The van der Waals surface area contributed by atoms with Crippen molar-refractivity contribution in [1.29, 1.82) is 0 Å². The van der Waals surface area contributed by atoms with E-state index in [2.05, 4.69) is 58.5 Å². The van der Waals surface area contributed by atoms with Crippen molar-refractivity contribution in [3.8, 4) is 0 Å². The third-order valence-corrected chi connectivity index (χ3v) is 6.12. The summed E-state index contributed by atoms with van der Waals surface area (Å²) < 4.78 is 0. The number of aliphatic imine (C=N–C) groups is 1. The summed E-state index contributed by atoms with van der Waals surface area (Å²) in [5.41, 5.74) is 2.53. The molecule has 1 aliphatic heterocycles. The molecule has 0 aromatic heterocycles. The second kappa shape index (κ2) is 11.2. The summed E-state index contributed by atoms with van der Waals surface area (Å²) in [6.07, 6.45) is 4.64. The lowest BCUT2D eigenvalue weighted by atomic mass is 10.1. The van der Waals surface area contributed by atoms with Crippen LogP contribution in [-0.2, 0) is 11.3 Å². The maximum Gasteiger partial charge on any atom is 0.225 e. The van der Waals surface area contributed by atoms with Crippen LogP contribution in [0.15, 0.2) is 29.3 Å². The Kier molecular flexibility index (Phi) is 8.35. The summed E-state index contributed by atoms with van der Waals surface area (Å²) >= 11 is 0. The van der Waals surface area contributed by atoms with Gasteiger partial charge in [-0.1, -0.05) is 37.1 Å². The van der Waals surface area contributed by atoms with Crippen LogP contribution in [0.3, 0.4) is 0 Å². The highest BCUT2D eigenvalue weighted by atomic mass is 16.2. The minimum Gasteiger partial charge on any atom is -0.357 e. The highest BCUT2D eigenvalue weighted by Gasteiger charge is 2.29. The summed E-state index contributed by atoms with van der Waals surface area (Å²) in [5, 5.41) is 6.78. The van der Waals surface area contributed by atoms with Gasteiger partial charge in [0, 0.05) is 51.7 Å². The monoisotopic (exact) mass is 399 g/mol. The number of carbonyl (C=O) groups excluding carboxylic acids is 1. The number of guanidine groups is 1. The molecule has 1 aromatic carbocycles. The largest absolute Gasteiger partial charge is 0.357 e. The van der Waals surface area contributed by atoms with Crippen LogP contribution in [-0.4, -0.2) is 67.5 Å². The normalized spacial score (nSPS) is 18.8. The quantitative estimate of drug-likeness (QED) is 0.546. The van der Waals surface area contributed by atoms with Crippen LogP contribution >= 0.6 is 0 Å². The standard InChI is InChI=1S/C23H37N5O/c1-3-24-23(26-18-21-11-5-4-8-19(21)2)25-12-13-27-14-16-28(17-15-27)22(29)20-9-6-7-10-20/h4-5,8,11,20H,3,6-7,9-10,12-18H2,1-2H3,(H2,24,25,26). The van der Waals surface area contributed by atoms with Crippen molar-refractivity contribution in [3.63, 3.8) is 0 Å². The Morgan fingerprint density at radius 1 is 1.10 bits per heavy atom. The Balaban J connectivity index is 1.39. The van der Waals surface area contributed by atoms with Crippen LogP contribution in [0.2, 0.25) is 0 Å². The van der Waals surface area contributed by atoms with Crippen molar-refractivity contribution >= 4 is 11.9 Å². The average molecular weight is 400 g/mol. The minimum absolute atomic E-state index is 0.301. The number of piperazine rings is 1. The van der Waals surface area contributed by atoms with E-state index in [0.29, 0.717) is 18.4 Å². The van der Waals surface area contributed by atoms with E-state index < -0.39 is 0 Å². The fourth-order valence-electron chi connectivity index (χ4n) is 4.25. The molecule has 29 heavy (non-hydrogen) atoms. The molecule has 1 amide bonds. The van der Waals surface area contributed by atoms with Gasteiger partial charge in [0.25, 0.3) is 0 Å². The van der Waals surface area contributed by atoms with E-state index in [4.69, 9.17) is 4.99 Å². The number of hydrogen-bond donors (Lipinski definition) is 2. The zero-order valence-corrected chi connectivity index (χ0v) is 18.1. The van der Waals surface area contributed by atoms with Gasteiger partial charge < -0.3 is 15.5 Å². The third-order valence-electron chi connectivity index (χ3n) is 6.12. The van der Waals surface area contributed by atoms with E-state index in [1.54, 1.807) is 0 Å². The van der Waals surface area contributed by atoms with Gasteiger partial charge in [0.2, 0.25) is 5.91 Å². The zero-order valence-electron chi connectivity index (χ0n) is 18.1. The van der Waals surface area contributed by atoms with Gasteiger partial charge in [-0.2, -0.15) is 0 Å². The molecular weight excluding hydrogens is 362 g/mol. The second-order valence-electron chi connectivity index (χ2n) is 8.20. The molecule has 2 N–H and O–H groups in total. The SMILES string of the molecule is CCNC(=NCc1ccccc1C)NCCN1CCN(C(=O)C2CCCC2)CC1. The number of nitrogens with zero attached hydrogens (tertiary/aromatic N) is 3. The first-order chi connectivity index (χ1) is 14.2. The number of amides is 1. The first-order valence-electron chi connectivity index (χ1n) is 11.2. The van der Waals surface area contributed by atoms with Crippen LogP contribution in [0.25, 0.3) is 0 Å². The van der Waals surface area contributed by atoms with E-state index in [1.165, 1.54) is 24.0 Å². The van der Waals surface area contributed by atoms with Gasteiger partial charge in [-0.3, -0.25) is 9.69 Å². The van der Waals surface area contributed by atoms with E-state index in [1.807, 2.05) is 0 Å². The lowest BCUT2D eigenvalue weighted by molar-refractivity contribution is -0.137. The summed E-state index contributed by atoms with van der Waals surface area (Å²) in [6, 6.07) is 8.39. The second-order valence-corrected chi connectivity index (χ2v) is 8.20. The van der Waals surface area contributed by atoms with Crippen LogP contribution in [0.1, 0.15) is 43.7 Å². The molecular formula is C23H37N5O. The Labute approximate surface area is 175 Å². The number of carbonyl (C=O) groups is 1. The van der Waals surface area contributed by atoms with Gasteiger partial charge >= 0.3 is 0 Å². The summed E-state index contributed by atoms with van der Waals surface area (Å²) in [7, 11) is 0. The number of nitrogens with one attached hydrogen (secondary N) is 2. The predicted octanol–water partition coefficient (Wildman–Crippen LogP) is 2.38. The highest BCUT2D eigenvalue weighted by Crippen LogP contribution is 2.26. The molecule has 3 rings (SSSR count). The maximum atomic E-state index is 12.6. The lowest BCUT2D eigenvalue weighted by Crippen LogP contribution is -2.51. The summed E-state index contributed by atoms with van der Waals surface area (Å²) in [5.74, 6) is 1.57. The highest BCUT2D eigenvalue weighted by molar-refractivity contribution is 5.80. The van der Waals surface area contributed by atoms with Gasteiger partial charge in [0.15, 0.2) is 5.96 Å². The molecule has 0 atom stereocenters. The smallest absolute Gasteiger partial charge is 0.225 e. The predicted molar refractivity (Wildman–Crippen MR) is 119 cm³/mol. The van der Waals surface area contributed by atoms with Crippen LogP contribution < -0.4 is 10.6 Å². The average Bonchev–Trinajstić information content (AvgIpc) is 3.28. The molecule has 160 valence electrons. The van der Waals surface area contributed by atoms with Crippen LogP contribution in [0.5, 0.6) is 0 Å². The summed E-state index contributed by atoms with van der Waals surface area (Å²) in [6.45, 7) is 11.3. The molecule has 1 aromatic rings. The number of aryl methyl sites for hydroxylation is 1. The molecule has 1 heterocycles. The molecule has 0 unspecified atom stereocenters. The van der Waals surface area contributed by atoms with Gasteiger partial charge in [0.1, 0.15) is 0 Å². The molecule has 0 spiro atoms. The van der Waals surface area contributed by atoms with E-state index >= 15 is 0 Å². The zero-order chi connectivity index (χ0) is 20.5. The number of hydrogen-bond acceptors (Lipinski definition) is 3. The van der Waals surface area contributed by atoms with Crippen molar-refractivity contribution in [3.05, 3.63) is 35.4 Å². The third kappa shape index (κ3) is 6.46. The molecule has 2 fully saturated rings. The van der Waals surface area contributed by atoms with Crippen LogP contribution in [0, 0.1) is 12.8 Å². The number of benzene rings is 1. The van der Waals surface area contributed by atoms with Crippen molar-refractivity contribution in [2.24, 2.45) is 10.9 Å². The van der Waals surface area contributed by atoms with E-state index in [9.17, 15) is 4.79 Å². The van der Waals surface area contributed by atoms with Crippen molar-refractivity contribution in [2.45, 2.75) is 46.1 Å². The van der Waals surface area contributed by atoms with Crippen molar-refractivity contribution in [2.75, 3.05) is 45.8 Å². The lowest BCUT2D eigenvalue weighted by Gasteiger charge is -2.36. The molecule has 0 bridgehead atoms. The molecule has 2 aliphatic rings. The van der Waals surface area contributed by atoms with Gasteiger partial charge in [-0.15, -0.1) is 0 Å². The van der Waals surface area contributed by atoms with E-state index in [-0.39, 0.29) is 0 Å². The Morgan fingerprint density at radius 2 is 1.83 bits per heavy atom. The molecule has 1 aliphatic carbocycles. The van der Waals surface area contributed by atoms with Crippen molar-refractivity contribution < 1.29 is 4.79 Å². The minimum atomic E-state index is 0.301. The molecule has 6 nitrogen and oxygen atoms in total. The van der Waals surface area contributed by atoms with Gasteiger partial charge in [0.05, 0.1) is 6.54 Å². The molecule has 1 saturated heterocycles.